The molecule has 0 saturated heterocycles. The van der Waals surface area contributed by atoms with Crippen LogP contribution in [0.1, 0.15) is 56.1 Å². The van der Waals surface area contributed by atoms with Crippen LogP contribution in [0.5, 0.6) is 0 Å². The van der Waals surface area contributed by atoms with Crippen molar-refractivity contribution in [3.63, 3.8) is 0 Å². The van der Waals surface area contributed by atoms with Gasteiger partial charge in [-0.25, -0.2) is 4.98 Å². The summed E-state index contributed by atoms with van der Waals surface area (Å²) in [4.78, 5) is 16.6. The van der Waals surface area contributed by atoms with E-state index in [1.54, 1.807) is 6.07 Å². The van der Waals surface area contributed by atoms with Crippen LogP contribution in [0.3, 0.4) is 0 Å². The summed E-state index contributed by atoms with van der Waals surface area (Å²) in [5, 5.41) is 3.55. The first kappa shape index (κ1) is 15.3. The highest BCUT2D eigenvalue weighted by Gasteiger charge is 2.32. The van der Waals surface area contributed by atoms with Gasteiger partial charge in [0.1, 0.15) is 5.15 Å². The van der Waals surface area contributed by atoms with Crippen molar-refractivity contribution in [3.05, 3.63) is 28.5 Å². The quantitative estimate of drug-likeness (QED) is 0.857. The molecule has 0 spiro atoms. The fourth-order valence-electron chi connectivity index (χ4n) is 3.14. The summed E-state index contributed by atoms with van der Waals surface area (Å²) < 4.78 is 0. The van der Waals surface area contributed by atoms with Gasteiger partial charge in [-0.05, 0) is 43.2 Å². The Morgan fingerprint density at radius 2 is 2.15 bits per heavy atom. The Labute approximate surface area is 126 Å². The molecule has 1 aromatic rings. The number of nitrogens with one attached hydrogen (secondary N) is 1. The summed E-state index contributed by atoms with van der Waals surface area (Å²) in [6.45, 7) is 6.47. The summed E-state index contributed by atoms with van der Waals surface area (Å²) in [6, 6.07) is 3.76. The summed E-state index contributed by atoms with van der Waals surface area (Å²) in [5.41, 5.74) is 1.47. The Morgan fingerprint density at radius 1 is 1.40 bits per heavy atom. The van der Waals surface area contributed by atoms with Crippen molar-refractivity contribution in [3.8, 4) is 0 Å². The zero-order chi connectivity index (χ0) is 14.7. The van der Waals surface area contributed by atoms with E-state index in [1.165, 1.54) is 12.8 Å². The molecule has 2 rings (SSSR count). The number of hydrogen-bond donors (Lipinski definition) is 1. The number of carbonyl (C=O) groups excluding carboxylic acids is 1. The van der Waals surface area contributed by atoms with Gasteiger partial charge in [-0.2, -0.15) is 0 Å². The standard InChI is InChI=1S/C16H23ClN2O/c1-4-11-6-7-14(10(11)3)19-16(20)12-8-13(5-2)18-15(17)9-12/h8-11,14H,4-7H2,1-3H3,(H,19,20). The van der Waals surface area contributed by atoms with Crippen molar-refractivity contribution in [1.82, 2.24) is 10.3 Å². The summed E-state index contributed by atoms with van der Waals surface area (Å²) in [7, 11) is 0. The second-order valence-corrected chi connectivity index (χ2v) is 6.10. The number of aromatic nitrogens is 1. The van der Waals surface area contributed by atoms with Crippen molar-refractivity contribution >= 4 is 17.5 Å². The van der Waals surface area contributed by atoms with Crippen LogP contribution in [0.15, 0.2) is 12.1 Å². The van der Waals surface area contributed by atoms with Crippen molar-refractivity contribution < 1.29 is 4.79 Å². The van der Waals surface area contributed by atoms with Crippen LogP contribution in [0.2, 0.25) is 5.15 Å². The molecule has 0 aromatic carbocycles. The van der Waals surface area contributed by atoms with E-state index in [4.69, 9.17) is 11.6 Å². The molecule has 20 heavy (non-hydrogen) atoms. The maximum atomic E-state index is 12.4. The Morgan fingerprint density at radius 3 is 2.75 bits per heavy atom. The summed E-state index contributed by atoms with van der Waals surface area (Å²) in [6.07, 6.45) is 4.25. The Hall–Kier alpha value is -1.09. The SMILES string of the molecule is CCc1cc(C(=O)NC2CCC(CC)C2C)cc(Cl)n1. The highest BCUT2D eigenvalue weighted by atomic mass is 35.5. The van der Waals surface area contributed by atoms with E-state index >= 15 is 0 Å². The van der Waals surface area contributed by atoms with Crippen LogP contribution in [0.4, 0.5) is 0 Å². The number of pyridine rings is 1. The fourth-order valence-corrected chi connectivity index (χ4v) is 3.37. The molecule has 4 heteroatoms. The number of aryl methyl sites for hydroxylation is 1. The van der Waals surface area contributed by atoms with Crippen molar-refractivity contribution in [2.75, 3.05) is 0 Å². The Kier molecular flexibility index (Phi) is 5.03. The number of amides is 1. The average molecular weight is 295 g/mol. The number of rotatable bonds is 4. The normalized spacial score (nSPS) is 25.7. The van der Waals surface area contributed by atoms with Gasteiger partial charge in [-0.15, -0.1) is 0 Å². The van der Waals surface area contributed by atoms with Gasteiger partial charge < -0.3 is 5.32 Å². The van der Waals surface area contributed by atoms with Crippen molar-refractivity contribution in [1.29, 1.82) is 0 Å². The molecule has 1 fully saturated rings. The van der Waals surface area contributed by atoms with Crippen molar-refractivity contribution in [2.45, 2.75) is 52.5 Å². The van der Waals surface area contributed by atoms with Crippen LogP contribution in [-0.2, 0) is 6.42 Å². The summed E-state index contributed by atoms with van der Waals surface area (Å²) in [5.74, 6) is 1.25. The van der Waals surface area contributed by atoms with Gasteiger partial charge >= 0.3 is 0 Å². The first-order valence-corrected chi connectivity index (χ1v) is 7.90. The number of carbonyl (C=O) groups is 1. The van der Waals surface area contributed by atoms with Gasteiger partial charge in [0.05, 0.1) is 0 Å². The average Bonchev–Trinajstić information content (AvgIpc) is 2.78. The molecule has 1 amide bonds. The second-order valence-electron chi connectivity index (χ2n) is 5.71. The lowest BCUT2D eigenvalue weighted by molar-refractivity contribution is 0.0926. The van der Waals surface area contributed by atoms with E-state index in [0.29, 0.717) is 16.6 Å². The molecule has 1 aliphatic rings. The third-order valence-electron chi connectivity index (χ3n) is 4.54. The molecular formula is C16H23ClN2O. The van der Waals surface area contributed by atoms with E-state index in [2.05, 4.69) is 24.1 Å². The molecule has 1 aliphatic carbocycles. The molecule has 1 saturated carbocycles. The number of hydrogen-bond acceptors (Lipinski definition) is 2. The molecule has 0 radical (unpaired) electrons. The number of nitrogens with zero attached hydrogens (tertiary/aromatic N) is 1. The van der Waals surface area contributed by atoms with Gasteiger partial charge in [0.25, 0.3) is 5.91 Å². The highest BCUT2D eigenvalue weighted by Crippen LogP contribution is 2.34. The van der Waals surface area contributed by atoms with Crippen LogP contribution < -0.4 is 5.32 Å². The highest BCUT2D eigenvalue weighted by molar-refractivity contribution is 6.29. The molecular weight excluding hydrogens is 272 g/mol. The zero-order valence-electron chi connectivity index (χ0n) is 12.4. The molecule has 1 N–H and O–H groups in total. The molecule has 3 unspecified atom stereocenters. The maximum Gasteiger partial charge on any atom is 0.251 e. The van der Waals surface area contributed by atoms with Gasteiger partial charge in [-0.1, -0.05) is 38.8 Å². The lowest BCUT2D eigenvalue weighted by Crippen LogP contribution is -2.37. The minimum absolute atomic E-state index is 0.0300. The molecule has 3 atom stereocenters. The minimum atomic E-state index is -0.0300. The Bertz CT molecular complexity index is 489. The Balaban J connectivity index is 2.07. The predicted molar refractivity (Wildman–Crippen MR) is 82.1 cm³/mol. The van der Waals surface area contributed by atoms with E-state index < -0.39 is 0 Å². The first-order valence-electron chi connectivity index (χ1n) is 7.52. The predicted octanol–water partition coefficient (Wildman–Crippen LogP) is 3.85. The smallest absolute Gasteiger partial charge is 0.251 e. The van der Waals surface area contributed by atoms with Gasteiger partial charge in [0.2, 0.25) is 0 Å². The lowest BCUT2D eigenvalue weighted by atomic mass is 9.93. The second kappa shape index (κ2) is 6.57. The number of halogens is 1. The maximum absolute atomic E-state index is 12.4. The summed E-state index contributed by atoms with van der Waals surface area (Å²) >= 11 is 5.97. The van der Waals surface area contributed by atoms with Crippen LogP contribution in [0, 0.1) is 11.8 Å². The third kappa shape index (κ3) is 3.32. The molecule has 110 valence electrons. The van der Waals surface area contributed by atoms with Gasteiger partial charge in [-0.3, -0.25) is 4.79 Å². The first-order chi connectivity index (χ1) is 9.55. The van der Waals surface area contributed by atoms with Crippen LogP contribution >= 0.6 is 11.6 Å². The van der Waals surface area contributed by atoms with Gasteiger partial charge in [0.15, 0.2) is 0 Å². The zero-order valence-corrected chi connectivity index (χ0v) is 13.2. The van der Waals surface area contributed by atoms with E-state index in [-0.39, 0.29) is 11.9 Å². The largest absolute Gasteiger partial charge is 0.349 e. The molecule has 1 aromatic heterocycles. The fraction of sp³-hybridized carbons (Fsp3) is 0.625. The van der Waals surface area contributed by atoms with Crippen LogP contribution in [-0.4, -0.2) is 16.9 Å². The molecule has 1 heterocycles. The molecule has 0 bridgehead atoms. The van der Waals surface area contributed by atoms with E-state index in [0.717, 1.165) is 24.5 Å². The molecule has 0 aliphatic heterocycles. The third-order valence-corrected chi connectivity index (χ3v) is 4.73. The lowest BCUT2D eigenvalue weighted by Gasteiger charge is -2.21. The monoisotopic (exact) mass is 294 g/mol. The van der Waals surface area contributed by atoms with Crippen molar-refractivity contribution in [2.24, 2.45) is 11.8 Å². The minimum Gasteiger partial charge on any atom is -0.349 e. The van der Waals surface area contributed by atoms with Crippen LogP contribution in [0.25, 0.3) is 0 Å². The van der Waals surface area contributed by atoms with Gasteiger partial charge in [0, 0.05) is 17.3 Å². The van der Waals surface area contributed by atoms with E-state index in [9.17, 15) is 4.79 Å². The van der Waals surface area contributed by atoms with E-state index in [1.807, 2.05) is 13.0 Å². The topological polar surface area (TPSA) is 42.0 Å². The molecule has 3 nitrogen and oxygen atoms in total.